The lowest BCUT2D eigenvalue weighted by Crippen LogP contribution is -2.39. The maximum absolute atomic E-state index is 12.9. The van der Waals surface area contributed by atoms with Gasteiger partial charge in [-0.1, -0.05) is 12.7 Å². The number of alkyl carbamates (subject to hydrolysis) is 1. The summed E-state index contributed by atoms with van der Waals surface area (Å²) in [5.41, 5.74) is 0.611. The van der Waals surface area contributed by atoms with Crippen molar-refractivity contribution in [1.29, 1.82) is 0 Å². The Morgan fingerprint density at radius 2 is 2.00 bits per heavy atom. The Morgan fingerprint density at radius 3 is 2.52 bits per heavy atom. The van der Waals surface area contributed by atoms with Crippen LogP contribution in [0.5, 0.6) is 0 Å². The fourth-order valence-electron chi connectivity index (χ4n) is 1.69. The Hall–Kier alpha value is -2.43. The second kappa shape index (κ2) is 8.27. The van der Waals surface area contributed by atoms with E-state index in [-0.39, 0.29) is 11.9 Å². The average molecular weight is 318 g/mol. The summed E-state index contributed by atoms with van der Waals surface area (Å²) in [5, 5.41) is 2.71. The number of nitrogens with one attached hydrogen (secondary N) is 1. The van der Waals surface area contributed by atoms with E-state index in [4.69, 9.17) is 4.74 Å². The summed E-state index contributed by atoms with van der Waals surface area (Å²) in [5.74, 6) is -0.318. The van der Waals surface area contributed by atoms with Crippen LogP contribution in [0.2, 0.25) is 0 Å². The topological polar surface area (TPSA) is 50.7 Å². The molecule has 1 N–H and O–H groups in total. The number of rotatable bonds is 6. The summed E-state index contributed by atoms with van der Waals surface area (Å²) >= 11 is 0. The highest BCUT2D eigenvalue weighted by atomic mass is 19.1. The number of ether oxygens (including phenoxy) is 1. The van der Waals surface area contributed by atoms with E-state index in [0.717, 1.165) is 0 Å². The van der Waals surface area contributed by atoms with Crippen LogP contribution in [0, 0.1) is 5.82 Å². The van der Waals surface area contributed by atoms with Crippen LogP contribution < -0.4 is 5.32 Å². The summed E-state index contributed by atoms with van der Waals surface area (Å²) in [6.07, 6.45) is 3.22. The van der Waals surface area contributed by atoms with Crippen LogP contribution in [0.4, 0.5) is 9.18 Å². The molecule has 1 atom stereocenters. The van der Waals surface area contributed by atoms with Crippen molar-refractivity contribution in [1.82, 2.24) is 5.32 Å². The van der Waals surface area contributed by atoms with Gasteiger partial charge in [0, 0.05) is 6.21 Å². The lowest BCUT2D eigenvalue weighted by atomic mass is 10.1. The van der Waals surface area contributed by atoms with Crippen LogP contribution in [0.25, 0.3) is 5.70 Å². The predicted octanol–water partition coefficient (Wildman–Crippen LogP) is 4.34. The standard InChI is InChI=1S/C18H23FN2O2/c1-6-7-16(21-17(22)23-18(3,4)5)12-20-13(2)14-8-10-15(19)11-9-14/h6,8-12,16H,1-2,7H2,3-5H3,(H,21,22)/t16-/m0/s1. The molecule has 0 aliphatic rings. The molecule has 0 fully saturated rings. The Kier molecular flexibility index (Phi) is 6.69. The first-order valence-corrected chi connectivity index (χ1v) is 7.30. The van der Waals surface area contributed by atoms with E-state index in [0.29, 0.717) is 17.7 Å². The zero-order valence-corrected chi connectivity index (χ0v) is 13.8. The van der Waals surface area contributed by atoms with Crippen molar-refractivity contribution in [2.24, 2.45) is 4.99 Å². The van der Waals surface area contributed by atoms with Gasteiger partial charge in [0.05, 0.1) is 11.7 Å². The first-order valence-electron chi connectivity index (χ1n) is 7.30. The average Bonchev–Trinajstić information content (AvgIpc) is 2.43. The minimum atomic E-state index is -0.572. The number of halogens is 1. The van der Waals surface area contributed by atoms with Gasteiger partial charge in [0.25, 0.3) is 0 Å². The predicted molar refractivity (Wildman–Crippen MR) is 91.9 cm³/mol. The lowest BCUT2D eigenvalue weighted by Gasteiger charge is -2.21. The SMILES string of the molecule is C=CC[C@@H](C=NC(=C)c1ccc(F)cc1)NC(=O)OC(C)(C)C. The van der Waals surface area contributed by atoms with Crippen LogP contribution in [0.1, 0.15) is 32.8 Å². The minimum absolute atomic E-state index is 0.318. The monoisotopic (exact) mass is 318 g/mol. The number of amides is 1. The fraction of sp³-hybridized carbons (Fsp3) is 0.333. The van der Waals surface area contributed by atoms with Gasteiger partial charge in [-0.25, -0.2) is 9.18 Å². The van der Waals surface area contributed by atoms with Crippen molar-refractivity contribution >= 4 is 18.0 Å². The highest BCUT2D eigenvalue weighted by Gasteiger charge is 2.18. The maximum Gasteiger partial charge on any atom is 0.408 e. The molecule has 5 heteroatoms. The number of nitrogens with zero attached hydrogens (tertiary/aromatic N) is 1. The Labute approximate surface area is 136 Å². The smallest absolute Gasteiger partial charge is 0.408 e. The van der Waals surface area contributed by atoms with E-state index >= 15 is 0 Å². The second-order valence-corrected chi connectivity index (χ2v) is 6.01. The van der Waals surface area contributed by atoms with Gasteiger partial charge in [-0.15, -0.1) is 6.58 Å². The van der Waals surface area contributed by atoms with Crippen molar-refractivity contribution in [3.63, 3.8) is 0 Å². The molecular weight excluding hydrogens is 295 g/mol. The fourth-order valence-corrected chi connectivity index (χ4v) is 1.69. The molecule has 0 spiro atoms. The third-order valence-electron chi connectivity index (χ3n) is 2.71. The summed E-state index contributed by atoms with van der Waals surface area (Å²) in [6.45, 7) is 12.9. The third-order valence-corrected chi connectivity index (χ3v) is 2.71. The number of aliphatic imine (C=N–C) groups is 1. The van der Waals surface area contributed by atoms with Gasteiger partial charge in [-0.3, -0.25) is 4.99 Å². The van der Waals surface area contributed by atoms with Crippen molar-refractivity contribution in [3.8, 4) is 0 Å². The summed E-state index contributed by atoms with van der Waals surface area (Å²) in [4.78, 5) is 16.0. The van der Waals surface area contributed by atoms with Crippen molar-refractivity contribution < 1.29 is 13.9 Å². The summed E-state index contributed by atoms with van der Waals surface area (Å²) < 4.78 is 18.1. The first-order chi connectivity index (χ1) is 10.7. The van der Waals surface area contributed by atoms with Crippen molar-refractivity contribution in [2.75, 3.05) is 0 Å². The van der Waals surface area contributed by atoms with E-state index in [1.54, 1.807) is 45.2 Å². The molecule has 0 radical (unpaired) electrons. The van der Waals surface area contributed by atoms with E-state index in [2.05, 4.69) is 23.5 Å². The van der Waals surface area contributed by atoms with Crippen LogP contribution in [-0.2, 0) is 4.74 Å². The van der Waals surface area contributed by atoms with Gasteiger partial charge in [-0.2, -0.15) is 0 Å². The molecule has 0 aromatic heterocycles. The van der Waals surface area contributed by atoms with Gasteiger partial charge in [-0.05, 0) is 57.0 Å². The molecule has 124 valence electrons. The molecule has 0 bridgehead atoms. The van der Waals surface area contributed by atoms with Gasteiger partial charge < -0.3 is 10.1 Å². The zero-order chi connectivity index (χ0) is 17.5. The van der Waals surface area contributed by atoms with Crippen molar-refractivity contribution in [2.45, 2.75) is 38.8 Å². The van der Waals surface area contributed by atoms with Gasteiger partial charge in [0.15, 0.2) is 0 Å². The summed E-state index contributed by atoms with van der Waals surface area (Å²) in [6, 6.07) is 5.52. The molecule has 0 saturated carbocycles. The molecule has 1 amide bonds. The number of carbonyl (C=O) groups is 1. The zero-order valence-electron chi connectivity index (χ0n) is 13.8. The van der Waals surface area contributed by atoms with E-state index in [9.17, 15) is 9.18 Å². The van der Waals surface area contributed by atoms with E-state index < -0.39 is 11.7 Å². The van der Waals surface area contributed by atoms with Crippen LogP contribution in [0.3, 0.4) is 0 Å². The molecule has 1 rings (SSSR count). The van der Waals surface area contributed by atoms with Crippen LogP contribution in [0.15, 0.2) is 48.5 Å². The van der Waals surface area contributed by atoms with Crippen LogP contribution in [-0.4, -0.2) is 24.0 Å². The minimum Gasteiger partial charge on any atom is -0.444 e. The highest BCUT2D eigenvalue weighted by molar-refractivity contribution is 5.79. The van der Waals surface area contributed by atoms with Crippen LogP contribution >= 0.6 is 0 Å². The number of hydrogen-bond donors (Lipinski definition) is 1. The normalized spacial score (nSPS) is 12.7. The molecule has 0 heterocycles. The molecule has 23 heavy (non-hydrogen) atoms. The Morgan fingerprint density at radius 1 is 1.39 bits per heavy atom. The second-order valence-electron chi connectivity index (χ2n) is 6.01. The summed E-state index contributed by atoms with van der Waals surface area (Å²) in [7, 11) is 0. The molecule has 0 aliphatic heterocycles. The first kappa shape index (κ1) is 18.6. The third kappa shape index (κ3) is 7.40. The quantitative estimate of drug-likeness (QED) is 0.626. The number of benzene rings is 1. The van der Waals surface area contributed by atoms with Gasteiger partial charge >= 0.3 is 6.09 Å². The highest BCUT2D eigenvalue weighted by Crippen LogP contribution is 2.14. The molecule has 0 aliphatic carbocycles. The largest absolute Gasteiger partial charge is 0.444 e. The number of carbonyl (C=O) groups excluding carboxylic acids is 1. The Bertz CT molecular complexity index is 586. The Balaban J connectivity index is 2.70. The molecule has 1 aromatic rings. The molecule has 0 unspecified atom stereocenters. The molecule has 1 aromatic carbocycles. The lowest BCUT2D eigenvalue weighted by molar-refractivity contribution is 0.0519. The van der Waals surface area contributed by atoms with E-state index in [1.165, 1.54) is 12.1 Å². The van der Waals surface area contributed by atoms with Crippen molar-refractivity contribution in [3.05, 3.63) is 54.9 Å². The van der Waals surface area contributed by atoms with Gasteiger partial charge in [0.1, 0.15) is 11.4 Å². The molecule has 0 saturated heterocycles. The molecule has 4 nitrogen and oxygen atoms in total. The maximum atomic E-state index is 12.9. The number of hydrogen-bond acceptors (Lipinski definition) is 3. The van der Waals surface area contributed by atoms with E-state index in [1.807, 2.05) is 0 Å². The van der Waals surface area contributed by atoms with Gasteiger partial charge in [0.2, 0.25) is 0 Å². The molecular formula is C18H23FN2O2.